The van der Waals surface area contributed by atoms with E-state index in [-0.39, 0.29) is 12.6 Å². The van der Waals surface area contributed by atoms with Crippen LogP contribution in [-0.2, 0) is 18.2 Å². The number of hydrogen-bond acceptors (Lipinski definition) is 6. The van der Waals surface area contributed by atoms with Crippen molar-refractivity contribution in [3.05, 3.63) is 52.8 Å². The number of pyridine rings is 1. The van der Waals surface area contributed by atoms with Crippen LogP contribution in [0.5, 0.6) is 0 Å². The molecular weight excluding hydrogens is 344 g/mol. The molecule has 2 aromatic heterocycles. The normalized spacial score (nSPS) is 18.5. The Morgan fingerprint density at radius 3 is 2.96 bits per heavy atom. The summed E-state index contributed by atoms with van der Waals surface area (Å²) in [6.45, 7) is 3.92. The number of aliphatic hydroxyl groups is 1. The van der Waals surface area contributed by atoms with Crippen molar-refractivity contribution in [1.29, 1.82) is 0 Å². The molecule has 1 unspecified atom stereocenters. The van der Waals surface area contributed by atoms with E-state index in [9.17, 15) is 9.90 Å². The number of anilines is 1. The number of fused-ring (bicyclic) bond motifs is 2. The van der Waals surface area contributed by atoms with Crippen LogP contribution in [0.4, 0.5) is 5.69 Å². The predicted octanol–water partition coefficient (Wildman–Crippen LogP) is 2.52. The molecule has 2 atom stereocenters. The van der Waals surface area contributed by atoms with E-state index in [1.54, 1.807) is 11.6 Å². The highest BCUT2D eigenvalue weighted by Gasteiger charge is 2.33. The van der Waals surface area contributed by atoms with Gasteiger partial charge in [-0.1, -0.05) is 24.3 Å². The molecule has 0 aliphatic heterocycles. The van der Waals surface area contributed by atoms with Crippen molar-refractivity contribution >= 4 is 22.7 Å². The number of esters is 1. The van der Waals surface area contributed by atoms with E-state index in [2.05, 4.69) is 15.4 Å². The van der Waals surface area contributed by atoms with E-state index in [0.717, 1.165) is 22.2 Å². The highest BCUT2D eigenvalue weighted by molar-refractivity contribution is 6.05. The maximum Gasteiger partial charge on any atom is 0.341 e. The van der Waals surface area contributed by atoms with Gasteiger partial charge in [0.2, 0.25) is 0 Å². The third-order valence-corrected chi connectivity index (χ3v) is 5.03. The van der Waals surface area contributed by atoms with Gasteiger partial charge in [0.1, 0.15) is 5.56 Å². The molecule has 140 valence electrons. The van der Waals surface area contributed by atoms with Crippen LogP contribution in [0.15, 0.2) is 30.5 Å². The van der Waals surface area contributed by atoms with Gasteiger partial charge in [-0.05, 0) is 25.0 Å². The first kappa shape index (κ1) is 17.5. The van der Waals surface area contributed by atoms with Gasteiger partial charge >= 0.3 is 5.97 Å². The fourth-order valence-corrected chi connectivity index (χ4v) is 3.83. The molecule has 0 spiro atoms. The van der Waals surface area contributed by atoms with Crippen LogP contribution in [0.3, 0.4) is 0 Å². The zero-order valence-corrected chi connectivity index (χ0v) is 15.6. The summed E-state index contributed by atoms with van der Waals surface area (Å²) in [7, 11) is 1.82. The van der Waals surface area contributed by atoms with E-state index >= 15 is 0 Å². The second-order valence-electron chi connectivity index (χ2n) is 6.77. The molecule has 1 aliphatic rings. The van der Waals surface area contributed by atoms with Crippen LogP contribution in [0.1, 0.15) is 40.1 Å². The standard InChI is InChI=1S/C20H22N4O3/c1-4-27-20(26)14-10-21-19-16(11(2)23-24(19)3)18(14)22-17-13-8-6-5-7-12(13)9-15(17)25/h5-8,10,15,17,25H,4,9H2,1-3H3,(H,21,22)/t15?,17-/m1/s1. The first-order valence-corrected chi connectivity index (χ1v) is 9.03. The number of carbonyl (C=O) groups excluding carboxylic acids is 1. The van der Waals surface area contributed by atoms with Crippen LogP contribution in [0, 0.1) is 6.92 Å². The first-order valence-electron chi connectivity index (χ1n) is 9.03. The zero-order chi connectivity index (χ0) is 19.1. The fourth-order valence-electron chi connectivity index (χ4n) is 3.83. The lowest BCUT2D eigenvalue weighted by Gasteiger charge is -2.21. The molecule has 3 aromatic rings. The first-order chi connectivity index (χ1) is 13.0. The third kappa shape index (κ3) is 2.84. The molecule has 1 aliphatic carbocycles. The molecule has 1 aromatic carbocycles. The van der Waals surface area contributed by atoms with Gasteiger partial charge in [-0.2, -0.15) is 5.10 Å². The number of nitrogens with one attached hydrogen (secondary N) is 1. The van der Waals surface area contributed by atoms with Crippen LogP contribution in [0.25, 0.3) is 11.0 Å². The topological polar surface area (TPSA) is 89.3 Å². The van der Waals surface area contributed by atoms with E-state index in [0.29, 0.717) is 23.3 Å². The summed E-state index contributed by atoms with van der Waals surface area (Å²) >= 11 is 0. The number of nitrogens with zero attached hydrogens (tertiary/aromatic N) is 3. The van der Waals surface area contributed by atoms with Crippen LogP contribution >= 0.6 is 0 Å². The van der Waals surface area contributed by atoms with Gasteiger partial charge in [0.05, 0.1) is 35.5 Å². The van der Waals surface area contributed by atoms with Gasteiger partial charge in [-0.15, -0.1) is 0 Å². The molecule has 0 radical (unpaired) electrons. The Hall–Kier alpha value is -2.93. The Kier molecular flexibility index (Phi) is 4.31. The Labute approximate surface area is 157 Å². The average Bonchev–Trinajstić information content (AvgIpc) is 3.12. The summed E-state index contributed by atoms with van der Waals surface area (Å²) in [5.74, 6) is -0.446. The quantitative estimate of drug-likeness (QED) is 0.690. The van der Waals surface area contributed by atoms with E-state index < -0.39 is 12.1 Å². The molecule has 0 saturated heterocycles. The van der Waals surface area contributed by atoms with E-state index in [1.165, 1.54) is 6.20 Å². The summed E-state index contributed by atoms with van der Waals surface area (Å²) < 4.78 is 6.90. The molecule has 2 heterocycles. The molecule has 27 heavy (non-hydrogen) atoms. The summed E-state index contributed by atoms with van der Waals surface area (Å²) in [5.41, 5.74) is 4.51. The minimum Gasteiger partial charge on any atom is -0.462 e. The van der Waals surface area contributed by atoms with Crippen molar-refractivity contribution in [1.82, 2.24) is 14.8 Å². The van der Waals surface area contributed by atoms with Gasteiger partial charge in [-0.25, -0.2) is 9.78 Å². The lowest BCUT2D eigenvalue weighted by Crippen LogP contribution is -2.23. The number of benzene rings is 1. The fraction of sp³-hybridized carbons (Fsp3) is 0.350. The Morgan fingerprint density at radius 2 is 2.19 bits per heavy atom. The summed E-state index contributed by atoms with van der Waals surface area (Å²) in [4.78, 5) is 16.9. The maximum atomic E-state index is 12.5. The van der Waals surface area contributed by atoms with Gasteiger partial charge < -0.3 is 15.2 Å². The molecule has 4 rings (SSSR count). The monoisotopic (exact) mass is 366 g/mol. The summed E-state index contributed by atoms with van der Waals surface area (Å²) in [6.07, 6.45) is 1.50. The zero-order valence-electron chi connectivity index (χ0n) is 15.6. The van der Waals surface area contributed by atoms with Crippen molar-refractivity contribution in [3.63, 3.8) is 0 Å². The lowest BCUT2D eigenvalue weighted by atomic mass is 10.1. The third-order valence-electron chi connectivity index (χ3n) is 5.03. The Balaban J connectivity index is 1.87. The minimum absolute atomic E-state index is 0.275. The van der Waals surface area contributed by atoms with Gasteiger partial charge in [-0.3, -0.25) is 4.68 Å². The van der Waals surface area contributed by atoms with Gasteiger partial charge in [0.15, 0.2) is 5.65 Å². The van der Waals surface area contributed by atoms with Crippen LogP contribution < -0.4 is 5.32 Å². The van der Waals surface area contributed by atoms with Gasteiger partial charge in [0, 0.05) is 19.7 Å². The molecule has 0 amide bonds. The second-order valence-corrected chi connectivity index (χ2v) is 6.77. The number of rotatable bonds is 4. The minimum atomic E-state index is -0.586. The van der Waals surface area contributed by atoms with Crippen molar-refractivity contribution in [2.75, 3.05) is 11.9 Å². The number of ether oxygens (including phenoxy) is 1. The second kappa shape index (κ2) is 6.66. The van der Waals surface area contributed by atoms with Crippen molar-refractivity contribution in [3.8, 4) is 0 Å². The molecule has 0 saturated carbocycles. The van der Waals surface area contributed by atoms with Gasteiger partial charge in [0.25, 0.3) is 0 Å². The average molecular weight is 366 g/mol. The lowest BCUT2D eigenvalue weighted by molar-refractivity contribution is 0.0527. The molecule has 0 bridgehead atoms. The van der Waals surface area contributed by atoms with E-state index in [1.807, 2.05) is 38.2 Å². The molecule has 0 fully saturated rings. The van der Waals surface area contributed by atoms with Crippen LogP contribution in [-0.4, -0.2) is 38.6 Å². The number of hydrogen-bond donors (Lipinski definition) is 2. The van der Waals surface area contributed by atoms with Crippen molar-refractivity contribution in [2.24, 2.45) is 7.05 Å². The summed E-state index contributed by atoms with van der Waals surface area (Å²) in [5, 5.41) is 19.2. The summed E-state index contributed by atoms with van der Waals surface area (Å²) in [6, 6.07) is 7.62. The van der Waals surface area contributed by atoms with E-state index in [4.69, 9.17) is 4.74 Å². The van der Waals surface area contributed by atoms with Crippen molar-refractivity contribution < 1.29 is 14.6 Å². The largest absolute Gasteiger partial charge is 0.462 e. The SMILES string of the molecule is CCOC(=O)c1cnc2c(c(C)nn2C)c1N[C@@H]1c2ccccc2CC1O. The number of aliphatic hydroxyl groups excluding tert-OH is 1. The Bertz CT molecular complexity index is 1030. The highest BCUT2D eigenvalue weighted by Crippen LogP contribution is 2.38. The molecule has 7 nitrogen and oxygen atoms in total. The smallest absolute Gasteiger partial charge is 0.341 e. The highest BCUT2D eigenvalue weighted by atomic mass is 16.5. The number of carbonyl (C=O) groups is 1. The molecule has 2 N–H and O–H groups in total. The number of aryl methyl sites for hydroxylation is 2. The molecular formula is C20H22N4O3. The van der Waals surface area contributed by atoms with Crippen molar-refractivity contribution in [2.45, 2.75) is 32.4 Å². The predicted molar refractivity (Wildman–Crippen MR) is 102 cm³/mol. The Morgan fingerprint density at radius 1 is 1.41 bits per heavy atom. The number of aromatic nitrogens is 3. The molecule has 7 heteroatoms. The van der Waals surface area contributed by atoms with Crippen LogP contribution in [0.2, 0.25) is 0 Å². The maximum absolute atomic E-state index is 12.5.